The zero-order valence-corrected chi connectivity index (χ0v) is 11.8. The lowest BCUT2D eigenvalue weighted by Gasteiger charge is -2.43. The van der Waals surface area contributed by atoms with Gasteiger partial charge in [-0.25, -0.2) is 4.39 Å². The van der Waals surface area contributed by atoms with Crippen molar-refractivity contribution in [2.24, 2.45) is 11.8 Å². The Morgan fingerprint density at radius 2 is 1.75 bits per heavy atom. The average molecular weight is 282 g/mol. The van der Waals surface area contributed by atoms with Crippen LogP contribution in [0.15, 0.2) is 0 Å². The number of halogens is 1. The van der Waals surface area contributed by atoms with Gasteiger partial charge in [0.05, 0.1) is 0 Å². The Hall–Kier alpha value is -1.13. The summed E-state index contributed by atoms with van der Waals surface area (Å²) in [5.41, 5.74) is 0. The summed E-state index contributed by atoms with van der Waals surface area (Å²) in [5, 5.41) is 2.91. The van der Waals surface area contributed by atoms with E-state index in [1.54, 1.807) is 0 Å². The van der Waals surface area contributed by atoms with E-state index in [0.717, 1.165) is 38.5 Å². The lowest BCUT2D eigenvalue weighted by Crippen LogP contribution is -2.66. The number of nitrogens with one attached hydrogen (secondary N) is 1. The van der Waals surface area contributed by atoms with Gasteiger partial charge in [-0.3, -0.25) is 9.59 Å². The van der Waals surface area contributed by atoms with Gasteiger partial charge in [-0.15, -0.1) is 0 Å². The van der Waals surface area contributed by atoms with E-state index in [2.05, 4.69) is 5.32 Å². The van der Waals surface area contributed by atoms with Gasteiger partial charge in [-0.1, -0.05) is 19.3 Å². The highest BCUT2D eigenvalue weighted by atomic mass is 19.1. The van der Waals surface area contributed by atoms with Crippen LogP contribution in [0.5, 0.6) is 0 Å². The van der Waals surface area contributed by atoms with Crippen molar-refractivity contribution in [2.45, 2.75) is 57.0 Å². The van der Waals surface area contributed by atoms with Crippen LogP contribution in [0.4, 0.5) is 4.39 Å². The number of hydrogen-bond acceptors (Lipinski definition) is 2. The number of carbonyl (C=O) groups is 2. The molecular formula is C15H23FN2O2. The molecule has 1 N–H and O–H groups in total. The summed E-state index contributed by atoms with van der Waals surface area (Å²) in [7, 11) is 0. The lowest BCUT2D eigenvalue weighted by molar-refractivity contribution is -0.153. The third kappa shape index (κ3) is 2.54. The molecule has 1 saturated heterocycles. The van der Waals surface area contributed by atoms with E-state index < -0.39 is 18.8 Å². The molecule has 3 aliphatic rings. The molecule has 112 valence electrons. The third-order valence-corrected chi connectivity index (χ3v) is 4.97. The minimum atomic E-state index is -0.570. The molecule has 5 heteroatoms. The topological polar surface area (TPSA) is 49.4 Å². The average Bonchev–Trinajstić information content (AvgIpc) is 3.28. The molecule has 0 bridgehead atoms. The maximum atomic E-state index is 12.8. The van der Waals surface area contributed by atoms with Crippen LogP contribution in [0.2, 0.25) is 0 Å². The van der Waals surface area contributed by atoms with Crippen LogP contribution in [0.1, 0.15) is 44.9 Å². The van der Waals surface area contributed by atoms with Crippen LogP contribution in [-0.2, 0) is 9.59 Å². The Morgan fingerprint density at radius 1 is 1.05 bits per heavy atom. The highest BCUT2D eigenvalue weighted by molar-refractivity contribution is 5.97. The van der Waals surface area contributed by atoms with Gasteiger partial charge in [0.1, 0.15) is 18.8 Å². The van der Waals surface area contributed by atoms with E-state index in [0.29, 0.717) is 0 Å². The van der Waals surface area contributed by atoms with Gasteiger partial charge in [0.15, 0.2) is 0 Å². The highest BCUT2D eigenvalue weighted by Crippen LogP contribution is 2.37. The van der Waals surface area contributed by atoms with E-state index in [1.807, 2.05) is 0 Å². The Labute approximate surface area is 119 Å². The van der Waals surface area contributed by atoms with E-state index in [9.17, 15) is 14.0 Å². The zero-order valence-electron chi connectivity index (χ0n) is 11.8. The molecule has 20 heavy (non-hydrogen) atoms. The van der Waals surface area contributed by atoms with Crippen molar-refractivity contribution in [1.29, 1.82) is 0 Å². The van der Waals surface area contributed by atoms with Gasteiger partial charge >= 0.3 is 0 Å². The third-order valence-electron chi connectivity index (χ3n) is 4.97. The van der Waals surface area contributed by atoms with Gasteiger partial charge in [-0.2, -0.15) is 0 Å². The molecule has 3 rings (SSSR count). The molecule has 2 amide bonds. The van der Waals surface area contributed by atoms with Gasteiger partial charge in [0.2, 0.25) is 11.8 Å². The molecule has 2 saturated carbocycles. The number of carbonyl (C=O) groups excluding carboxylic acids is 2. The van der Waals surface area contributed by atoms with E-state index in [4.69, 9.17) is 0 Å². The number of nitrogens with zero attached hydrogens (tertiary/aromatic N) is 1. The van der Waals surface area contributed by atoms with Crippen LogP contribution in [-0.4, -0.2) is 42.0 Å². The van der Waals surface area contributed by atoms with E-state index >= 15 is 0 Å². The first-order chi connectivity index (χ1) is 9.72. The van der Waals surface area contributed by atoms with E-state index in [1.165, 1.54) is 11.3 Å². The van der Waals surface area contributed by atoms with Crippen molar-refractivity contribution in [1.82, 2.24) is 10.2 Å². The quantitative estimate of drug-likeness (QED) is 0.852. The molecule has 1 aliphatic heterocycles. The molecule has 0 aromatic rings. The predicted molar refractivity (Wildman–Crippen MR) is 72.7 cm³/mol. The fourth-order valence-corrected chi connectivity index (χ4v) is 3.77. The molecule has 2 unspecified atom stereocenters. The Kier molecular flexibility index (Phi) is 3.94. The van der Waals surface area contributed by atoms with Gasteiger partial charge in [-0.05, 0) is 37.5 Å². The van der Waals surface area contributed by atoms with Crippen molar-refractivity contribution in [3.63, 3.8) is 0 Å². The summed E-state index contributed by atoms with van der Waals surface area (Å²) < 4.78 is 12.8. The Bertz CT molecular complexity index is 391. The Morgan fingerprint density at radius 3 is 2.35 bits per heavy atom. The summed E-state index contributed by atoms with van der Waals surface area (Å²) in [6.45, 7) is -0.504. The first-order valence-corrected chi connectivity index (χ1v) is 7.89. The first kappa shape index (κ1) is 13.8. The second-order valence-corrected chi connectivity index (χ2v) is 6.39. The molecule has 0 spiro atoms. The second-order valence-electron chi connectivity index (χ2n) is 6.39. The van der Waals surface area contributed by atoms with Crippen LogP contribution in [0.25, 0.3) is 0 Å². The summed E-state index contributed by atoms with van der Waals surface area (Å²) in [5.74, 6) is 0.377. The minimum absolute atomic E-state index is 0.0538. The molecule has 1 heterocycles. The largest absolute Gasteiger partial charge is 0.342 e. The number of hydrogen-bond donors (Lipinski definition) is 1. The van der Waals surface area contributed by atoms with Crippen molar-refractivity contribution >= 4 is 11.8 Å². The second kappa shape index (κ2) is 5.70. The van der Waals surface area contributed by atoms with Crippen LogP contribution < -0.4 is 5.32 Å². The molecule has 4 nitrogen and oxygen atoms in total. The molecule has 2 atom stereocenters. The molecule has 0 radical (unpaired) electrons. The monoisotopic (exact) mass is 282 g/mol. The van der Waals surface area contributed by atoms with Gasteiger partial charge in [0, 0.05) is 6.54 Å². The summed E-state index contributed by atoms with van der Waals surface area (Å²) in [4.78, 5) is 26.5. The number of piperazine rings is 1. The van der Waals surface area contributed by atoms with Crippen LogP contribution in [0.3, 0.4) is 0 Å². The Balaban J connectivity index is 1.78. The summed E-state index contributed by atoms with van der Waals surface area (Å²) in [6, 6.07) is -0.831. The van der Waals surface area contributed by atoms with Crippen molar-refractivity contribution in [3.8, 4) is 0 Å². The van der Waals surface area contributed by atoms with Crippen molar-refractivity contribution in [2.75, 3.05) is 13.2 Å². The van der Waals surface area contributed by atoms with Gasteiger partial charge in [0.25, 0.3) is 0 Å². The number of amides is 2. The molecule has 0 aromatic heterocycles. The molecule has 0 aromatic carbocycles. The van der Waals surface area contributed by atoms with Crippen LogP contribution >= 0.6 is 0 Å². The fourth-order valence-electron chi connectivity index (χ4n) is 3.77. The smallest absolute Gasteiger partial charge is 0.246 e. The lowest BCUT2D eigenvalue weighted by atomic mass is 9.81. The summed E-state index contributed by atoms with van der Waals surface area (Å²) >= 11 is 0. The van der Waals surface area contributed by atoms with Gasteiger partial charge < -0.3 is 10.2 Å². The maximum Gasteiger partial charge on any atom is 0.246 e. The zero-order chi connectivity index (χ0) is 14.1. The molecular weight excluding hydrogens is 259 g/mol. The predicted octanol–water partition coefficient (Wildman–Crippen LogP) is 1.64. The molecule has 3 fully saturated rings. The normalized spacial score (nSPS) is 32.4. The number of rotatable bonds is 4. The highest BCUT2D eigenvalue weighted by Gasteiger charge is 2.48. The first-order valence-electron chi connectivity index (χ1n) is 7.89. The number of alkyl halides is 1. The summed E-state index contributed by atoms with van der Waals surface area (Å²) in [6.07, 6.45) is 7.36. The standard InChI is InChI=1S/C15H23FN2O2/c16-8-9-18-13(11-4-2-1-3-5-11)14(19)17-12(15(18)20)10-6-7-10/h10-13H,1-9H2,(H,17,19). The van der Waals surface area contributed by atoms with E-state index in [-0.39, 0.29) is 30.2 Å². The minimum Gasteiger partial charge on any atom is -0.342 e. The van der Waals surface area contributed by atoms with Crippen LogP contribution in [0, 0.1) is 11.8 Å². The molecule has 2 aliphatic carbocycles. The van der Waals surface area contributed by atoms with Crippen molar-refractivity contribution in [3.05, 3.63) is 0 Å². The maximum absolute atomic E-state index is 12.8. The van der Waals surface area contributed by atoms with Crippen molar-refractivity contribution < 1.29 is 14.0 Å². The SMILES string of the molecule is O=C1NC(C2CC2)C(=O)N(CCF)C1C1CCCCC1. The fraction of sp³-hybridized carbons (Fsp3) is 0.867.